The predicted octanol–water partition coefficient (Wildman–Crippen LogP) is 2.50. The average molecular weight is 288 g/mol. The van der Waals surface area contributed by atoms with Gasteiger partial charge in [-0.3, -0.25) is 0 Å². The van der Waals surface area contributed by atoms with Crippen molar-refractivity contribution >= 4 is 17.3 Å². The van der Waals surface area contributed by atoms with Crippen LogP contribution >= 0.6 is 0 Å². The van der Waals surface area contributed by atoms with Crippen LogP contribution in [0.15, 0.2) is 30.3 Å². The average Bonchev–Trinajstić information content (AvgIpc) is 2.50. The van der Waals surface area contributed by atoms with E-state index in [9.17, 15) is 4.39 Å². The summed E-state index contributed by atoms with van der Waals surface area (Å²) in [5.41, 5.74) is 0.794. The lowest BCUT2D eigenvalue weighted by Crippen LogP contribution is -2.36. The molecular formula is C15H17FN4O. The highest BCUT2D eigenvalue weighted by Gasteiger charge is 2.14. The minimum absolute atomic E-state index is 0.256. The molecule has 21 heavy (non-hydrogen) atoms. The Hall–Kier alpha value is -2.21. The third-order valence-electron chi connectivity index (χ3n) is 3.28. The van der Waals surface area contributed by atoms with Crippen LogP contribution < -0.4 is 10.2 Å². The third-order valence-corrected chi connectivity index (χ3v) is 3.28. The van der Waals surface area contributed by atoms with Crippen molar-refractivity contribution in [3.63, 3.8) is 0 Å². The SMILES string of the molecule is Cc1nc(Nc2ccc(F)cc2)cc(N2CCOCC2)n1. The zero-order chi connectivity index (χ0) is 14.7. The van der Waals surface area contributed by atoms with Gasteiger partial charge in [-0.25, -0.2) is 14.4 Å². The van der Waals surface area contributed by atoms with Crippen LogP contribution in [0.4, 0.5) is 21.7 Å². The van der Waals surface area contributed by atoms with E-state index in [1.807, 2.05) is 13.0 Å². The summed E-state index contributed by atoms with van der Waals surface area (Å²) in [6.07, 6.45) is 0. The van der Waals surface area contributed by atoms with Crippen molar-refractivity contribution in [3.05, 3.63) is 42.0 Å². The van der Waals surface area contributed by atoms with Crippen molar-refractivity contribution in [3.8, 4) is 0 Å². The van der Waals surface area contributed by atoms with E-state index in [1.54, 1.807) is 12.1 Å². The number of ether oxygens (including phenoxy) is 1. The second-order valence-electron chi connectivity index (χ2n) is 4.89. The molecule has 0 atom stereocenters. The maximum Gasteiger partial charge on any atom is 0.136 e. The summed E-state index contributed by atoms with van der Waals surface area (Å²) < 4.78 is 18.3. The highest BCUT2D eigenvalue weighted by atomic mass is 19.1. The fraction of sp³-hybridized carbons (Fsp3) is 0.333. The molecule has 0 spiro atoms. The summed E-state index contributed by atoms with van der Waals surface area (Å²) in [7, 11) is 0. The summed E-state index contributed by atoms with van der Waals surface area (Å²) >= 11 is 0. The first-order valence-corrected chi connectivity index (χ1v) is 6.92. The molecule has 0 unspecified atom stereocenters. The highest BCUT2D eigenvalue weighted by Crippen LogP contribution is 2.20. The van der Waals surface area contributed by atoms with Crippen LogP contribution in [0.25, 0.3) is 0 Å². The number of nitrogens with zero attached hydrogens (tertiary/aromatic N) is 3. The van der Waals surface area contributed by atoms with Gasteiger partial charge in [-0.2, -0.15) is 0 Å². The smallest absolute Gasteiger partial charge is 0.136 e. The summed E-state index contributed by atoms with van der Waals surface area (Å²) in [6, 6.07) is 8.10. The number of aromatic nitrogens is 2. The van der Waals surface area contributed by atoms with Crippen LogP contribution in [0.1, 0.15) is 5.82 Å². The Morgan fingerprint density at radius 2 is 1.86 bits per heavy atom. The predicted molar refractivity (Wildman–Crippen MR) is 79.5 cm³/mol. The Labute approximate surface area is 122 Å². The van der Waals surface area contributed by atoms with Crippen molar-refractivity contribution < 1.29 is 9.13 Å². The van der Waals surface area contributed by atoms with Crippen LogP contribution in [-0.2, 0) is 4.74 Å². The Balaban J connectivity index is 1.81. The molecule has 5 nitrogen and oxygen atoms in total. The minimum Gasteiger partial charge on any atom is -0.378 e. The molecule has 0 bridgehead atoms. The number of hydrogen-bond acceptors (Lipinski definition) is 5. The molecule has 1 aromatic heterocycles. The molecule has 6 heteroatoms. The number of halogens is 1. The summed E-state index contributed by atoms with van der Waals surface area (Å²) in [5, 5.41) is 3.18. The van der Waals surface area contributed by atoms with Gasteiger partial charge >= 0.3 is 0 Å². The van der Waals surface area contributed by atoms with E-state index in [2.05, 4.69) is 20.2 Å². The molecule has 2 aromatic rings. The number of benzene rings is 1. The van der Waals surface area contributed by atoms with E-state index < -0.39 is 0 Å². The summed E-state index contributed by atoms with van der Waals surface area (Å²) in [6.45, 7) is 4.94. The lowest BCUT2D eigenvalue weighted by molar-refractivity contribution is 0.122. The van der Waals surface area contributed by atoms with Gasteiger partial charge in [0, 0.05) is 24.8 Å². The normalized spacial score (nSPS) is 15.0. The molecule has 3 rings (SSSR count). The molecule has 1 aromatic carbocycles. The maximum atomic E-state index is 12.9. The Kier molecular flexibility index (Phi) is 3.96. The Bertz CT molecular complexity index is 612. The monoisotopic (exact) mass is 288 g/mol. The molecule has 2 heterocycles. The first kappa shape index (κ1) is 13.8. The topological polar surface area (TPSA) is 50.3 Å². The second-order valence-corrected chi connectivity index (χ2v) is 4.89. The lowest BCUT2D eigenvalue weighted by atomic mass is 10.3. The van der Waals surface area contributed by atoms with E-state index >= 15 is 0 Å². The highest BCUT2D eigenvalue weighted by molar-refractivity contribution is 5.59. The number of anilines is 3. The van der Waals surface area contributed by atoms with Crippen molar-refractivity contribution in [2.24, 2.45) is 0 Å². The first-order valence-electron chi connectivity index (χ1n) is 6.92. The fourth-order valence-corrected chi connectivity index (χ4v) is 2.25. The zero-order valence-electron chi connectivity index (χ0n) is 11.8. The van der Waals surface area contributed by atoms with Gasteiger partial charge < -0.3 is 15.0 Å². The van der Waals surface area contributed by atoms with Crippen LogP contribution in [-0.4, -0.2) is 36.3 Å². The molecule has 110 valence electrons. The third kappa shape index (κ3) is 3.46. The van der Waals surface area contributed by atoms with E-state index in [1.165, 1.54) is 12.1 Å². The van der Waals surface area contributed by atoms with E-state index in [0.29, 0.717) is 24.9 Å². The standard InChI is InChI=1S/C15H17FN4O/c1-11-17-14(19-13-4-2-12(16)3-5-13)10-15(18-11)20-6-8-21-9-7-20/h2-5,10H,6-9H2,1H3,(H,17,18,19). The maximum absolute atomic E-state index is 12.9. The van der Waals surface area contributed by atoms with Gasteiger partial charge in [0.2, 0.25) is 0 Å². The zero-order valence-corrected chi connectivity index (χ0v) is 11.8. The molecule has 0 radical (unpaired) electrons. The summed E-state index contributed by atoms with van der Waals surface area (Å²) in [4.78, 5) is 11.0. The van der Waals surface area contributed by atoms with Crippen molar-refractivity contribution in [2.45, 2.75) is 6.92 Å². The van der Waals surface area contributed by atoms with Crippen LogP contribution in [0, 0.1) is 12.7 Å². The quantitative estimate of drug-likeness (QED) is 0.940. The Morgan fingerprint density at radius 3 is 2.57 bits per heavy atom. The van der Waals surface area contributed by atoms with E-state index in [0.717, 1.165) is 24.6 Å². The molecule has 1 N–H and O–H groups in total. The van der Waals surface area contributed by atoms with Gasteiger partial charge in [0.05, 0.1) is 13.2 Å². The molecule has 0 amide bonds. The molecule has 0 aliphatic carbocycles. The van der Waals surface area contributed by atoms with Crippen LogP contribution in [0.2, 0.25) is 0 Å². The molecule has 1 saturated heterocycles. The lowest BCUT2D eigenvalue weighted by Gasteiger charge is -2.28. The molecular weight excluding hydrogens is 271 g/mol. The summed E-state index contributed by atoms with van der Waals surface area (Å²) in [5.74, 6) is 2.03. The van der Waals surface area contributed by atoms with Gasteiger partial charge in [0.25, 0.3) is 0 Å². The van der Waals surface area contributed by atoms with Gasteiger partial charge in [0.15, 0.2) is 0 Å². The second kappa shape index (κ2) is 6.05. The minimum atomic E-state index is -0.256. The largest absolute Gasteiger partial charge is 0.378 e. The van der Waals surface area contributed by atoms with Crippen LogP contribution in [0.5, 0.6) is 0 Å². The molecule has 1 fully saturated rings. The fourth-order valence-electron chi connectivity index (χ4n) is 2.25. The molecule has 1 aliphatic rings. The molecule has 1 aliphatic heterocycles. The van der Waals surface area contributed by atoms with Gasteiger partial charge in [-0.15, -0.1) is 0 Å². The van der Waals surface area contributed by atoms with Gasteiger partial charge in [-0.1, -0.05) is 0 Å². The van der Waals surface area contributed by atoms with Crippen molar-refractivity contribution in [1.82, 2.24) is 9.97 Å². The Morgan fingerprint density at radius 1 is 1.14 bits per heavy atom. The van der Waals surface area contributed by atoms with Crippen LogP contribution in [0.3, 0.4) is 0 Å². The number of aryl methyl sites for hydroxylation is 1. The van der Waals surface area contributed by atoms with E-state index in [4.69, 9.17) is 4.74 Å². The van der Waals surface area contributed by atoms with Crippen molar-refractivity contribution in [1.29, 1.82) is 0 Å². The number of nitrogens with one attached hydrogen (secondary N) is 1. The van der Waals surface area contributed by atoms with E-state index in [-0.39, 0.29) is 5.82 Å². The van der Waals surface area contributed by atoms with Gasteiger partial charge in [-0.05, 0) is 31.2 Å². The number of hydrogen-bond donors (Lipinski definition) is 1. The first-order chi connectivity index (χ1) is 10.2. The van der Waals surface area contributed by atoms with Gasteiger partial charge in [0.1, 0.15) is 23.3 Å². The molecule has 0 saturated carbocycles. The number of morpholine rings is 1. The van der Waals surface area contributed by atoms with Crippen molar-refractivity contribution in [2.75, 3.05) is 36.5 Å². The number of rotatable bonds is 3.